The second-order valence-corrected chi connectivity index (χ2v) is 10.9. The van der Waals surface area contributed by atoms with Gasteiger partial charge in [0.2, 0.25) is 0 Å². The highest BCUT2D eigenvalue weighted by Gasteiger charge is 2.57. The van der Waals surface area contributed by atoms with E-state index in [-0.39, 0.29) is 17.5 Å². The fourth-order valence-corrected chi connectivity index (χ4v) is 6.44. The SMILES string of the molecule is COC1=C2C(Cc3ccccc3)NC[C@@H]2[C@@](Cc2ccccc2)(C2=NC(C)(C)CO2)c2ccccc21. The normalized spacial score (nSPS) is 26.1. The Morgan fingerprint density at radius 3 is 2.25 bits per heavy atom. The summed E-state index contributed by atoms with van der Waals surface area (Å²) in [7, 11) is 1.81. The van der Waals surface area contributed by atoms with Crippen molar-refractivity contribution >= 4 is 11.7 Å². The van der Waals surface area contributed by atoms with Gasteiger partial charge in [0, 0.05) is 24.1 Å². The third-order valence-corrected chi connectivity index (χ3v) is 7.99. The molecule has 3 atom stereocenters. The Morgan fingerprint density at radius 1 is 0.917 bits per heavy atom. The van der Waals surface area contributed by atoms with E-state index < -0.39 is 5.41 Å². The van der Waals surface area contributed by atoms with Crippen molar-refractivity contribution in [2.45, 2.75) is 43.7 Å². The summed E-state index contributed by atoms with van der Waals surface area (Å²) in [5.41, 5.74) is 5.69. The van der Waals surface area contributed by atoms with Gasteiger partial charge in [0.15, 0.2) is 5.90 Å². The van der Waals surface area contributed by atoms with Crippen molar-refractivity contribution in [1.29, 1.82) is 0 Å². The molecule has 1 saturated heterocycles. The molecule has 4 heteroatoms. The highest BCUT2D eigenvalue weighted by Crippen LogP contribution is 2.53. The van der Waals surface area contributed by atoms with Crippen molar-refractivity contribution in [3.05, 3.63) is 113 Å². The minimum atomic E-state index is -0.415. The number of hydrogen-bond donors (Lipinski definition) is 1. The van der Waals surface area contributed by atoms with Crippen LogP contribution in [0.1, 0.15) is 36.1 Å². The quantitative estimate of drug-likeness (QED) is 0.503. The Bertz CT molecular complexity index is 1310. The average Bonchev–Trinajstić information content (AvgIpc) is 3.49. The molecule has 0 amide bonds. The molecule has 0 bridgehead atoms. The van der Waals surface area contributed by atoms with Gasteiger partial charge in [-0.2, -0.15) is 0 Å². The van der Waals surface area contributed by atoms with Crippen molar-refractivity contribution in [1.82, 2.24) is 5.32 Å². The van der Waals surface area contributed by atoms with Crippen molar-refractivity contribution in [2.24, 2.45) is 10.9 Å². The Kier molecular flexibility index (Phi) is 5.72. The molecule has 6 rings (SSSR count). The maximum atomic E-state index is 6.53. The molecular weight excluding hydrogens is 444 g/mol. The van der Waals surface area contributed by atoms with E-state index >= 15 is 0 Å². The summed E-state index contributed by atoms with van der Waals surface area (Å²) in [4.78, 5) is 5.23. The molecule has 0 spiro atoms. The molecule has 0 saturated carbocycles. The lowest BCUT2D eigenvalue weighted by atomic mass is 9.59. The third kappa shape index (κ3) is 3.75. The maximum absolute atomic E-state index is 6.53. The van der Waals surface area contributed by atoms with Crippen LogP contribution < -0.4 is 5.32 Å². The predicted octanol–water partition coefficient (Wildman–Crippen LogP) is 5.58. The molecule has 3 aromatic carbocycles. The van der Waals surface area contributed by atoms with E-state index in [1.807, 2.05) is 7.11 Å². The van der Waals surface area contributed by atoms with E-state index in [2.05, 4.69) is 104 Å². The first-order valence-corrected chi connectivity index (χ1v) is 12.9. The number of nitrogens with zero attached hydrogens (tertiary/aromatic N) is 1. The first kappa shape index (κ1) is 23.1. The topological polar surface area (TPSA) is 42.8 Å². The Hall–Kier alpha value is -3.37. The molecule has 2 heterocycles. The van der Waals surface area contributed by atoms with Gasteiger partial charge in [-0.05, 0) is 49.0 Å². The van der Waals surface area contributed by atoms with Crippen molar-refractivity contribution in [3.63, 3.8) is 0 Å². The number of nitrogens with one attached hydrogen (secondary N) is 1. The summed E-state index contributed by atoms with van der Waals surface area (Å²) in [6.45, 7) is 5.77. The fourth-order valence-electron chi connectivity index (χ4n) is 6.44. The molecule has 1 fully saturated rings. The lowest BCUT2D eigenvalue weighted by molar-refractivity contribution is 0.241. The van der Waals surface area contributed by atoms with Gasteiger partial charge in [-0.3, -0.25) is 0 Å². The molecule has 1 unspecified atom stereocenters. The Morgan fingerprint density at radius 2 is 1.58 bits per heavy atom. The van der Waals surface area contributed by atoms with Crippen LogP contribution in [0.25, 0.3) is 5.76 Å². The molecule has 184 valence electrons. The zero-order valence-electron chi connectivity index (χ0n) is 21.3. The Labute approximate surface area is 214 Å². The van der Waals surface area contributed by atoms with Crippen LogP contribution in [0, 0.1) is 5.92 Å². The van der Waals surface area contributed by atoms with Gasteiger partial charge in [0.1, 0.15) is 12.4 Å². The van der Waals surface area contributed by atoms with Gasteiger partial charge in [0.25, 0.3) is 0 Å². The highest BCUT2D eigenvalue weighted by molar-refractivity contribution is 5.95. The van der Waals surface area contributed by atoms with Gasteiger partial charge in [-0.25, -0.2) is 4.99 Å². The van der Waals surface area contributed by atoms with E-state index in [0.29, 0.717) is 6.61 Å². The molecule has 0 aromatic heterocycles. The van der Waals surface area contributed by atoms with Gasteiger partial charge >= 0.3 is 0 Å². The van der Waals surface area contributed by atoms with Crippen LogP contribution in [-0.4, -0.2) is 37.7 Å². The summed E-state index contributed by atoms with van der Waals surface area (Å²) in [5.74, 6) is 2.04. The maximum Gasteiger partial charge on any atom is 0.195 e. The molecule has 1 aliphatic carbocycles. The van der Waals surface area contributed by atoms with Gasteiger partial charge in [0.05, 0.1) is 18.1 Å². The van der Waals surface area contributed by atoms with Crippen LogP contribution in [0.4, 0.5) is 0 Å². The van der Waals surface area contributed by atoms with Crippen LogP contribution in [0.2, 0.25) is 0 Å². The van der Waals surface area contributed by atoms with Gasteiger partial charge < -0.3 is 14.8 Å². The second kappa shape index (κ2) is 8.94. The standard InChI is InChI=1S/C32H34N2O2/c1-31(2)21-36-30(34-31)32(19-23-14-8-5-9-15-23)25-17-11-10-16-24(25)29(35-3)28-26(32)20-33-27(28)18-22-12-6-4-7-13-22/h4-17,26-27,33H,18-21H2,1-3H3/t26-,27?,32-/m0/s1. The summed E-state index contributed by atoms with van der Waals surface area (Å²) < 4.78 is 12.7. The van der Waals surface area contributed by atoms with Crippen LogP contribution in [0.3, 0.4) is 0 Å². The average molecular weight is 479 g/mol. The number of hydrogen-bond acceptors (Lipinski definition) is 4. The lowest BCUT2D eigenvalue weighted by Gasteiger charge is -2.44. The predicted molar refractivity (Wildman–Crippen MR) is 145 cm³/mol. The molecule has 3 aliphatic rings. The van der Waals surface area contributed by atoms with Crippen LogP contribution in [0.15, 0.2) is 95.5 Å². The zero-order valence-corrected chi connectivity index (χ0v) is 21.3. The Balaban J connectivity index is 1.57. The monoisotopic (exact) mass is 478 g/mol. The zero-order chi connectivity index (χ0) is 24.8. The first-order valence-electron chi connectivity index (χ1n) is 12.9. The minimum Gasteiger partial charge on any atom is -0.496 e. The molecule has 0 radical (unpaired) electrons. The number of rotatable bonds is 6. The summed E-state index contributed by atoms with van der Waals surface area (Å²) in [6, 6.07) is 30.4. The van der Waals surface area contributed by atoms with Crippen LogP contribution in [-0.2, 0) is 27.7 Å². The summed E-state index contributed by atoms with van der Waals surface area (Å²) in [5, 5.41) is 3.88. The molecule has 2 aliphatic heterocycles. The van der Waals surface area contributed by atoms with E-state index in [1.54, 1.807) is 0 Å². The largest absolute Gasteiger partial charge is 0.496 e. The molecule has 4 nitrogen and oxygen atoms in total. The number of benzene rings is 3. The van der Waals surface area contributed by atoms with Gasteiger partial charge in [-0.15, -0.1) is 0 Å². The molecular formula is C32H34N2O2. The van der Waals surface area contributed by atoms with E-state index in [0.717, 1.165) is 36.6 Å². The van der Waals surface area contributed by atoms with Crippen molar-refractivity contribution in [3.8, 4) is 0 Å². The second-order valence-electron chi connectivity index (χ2n) is 10.9. The van der Waals surface area contributed by atoms with Crippen molar-refractivity contribution < 1.29 is 9.47 Å². The lowest BCUT2D eigenvalue weighted by Crippen LogP contribution is -2.49. The van der Waals surface area contributed by atoms with Crippen molar-refractivity contribution in [2.75, 3.05) is 20.3 Å². The minimum absolute atomic E-state index is 0.170. The first-order chi connectivity index (χ1) is 17.5. The smallest absolute Gasteiger partial charge is 0.195 e. The van der Waals surface area contributed by atoms with E-state index in [4.69, 9.17) is 14.5 Å². The third-order valence-electron chi connectivity index (χ3n) is 7.99. The summed E-state index contributed by atoms with van der Waals surface area (Å²) in [6.07, 6.45) is 1.74. The molecule has 36 heavy (non-hydrogen) atoms. The summed E-state index contributed by atoms with van der Waals surface area (Å²) >= 11 is 0. The highest BCUT2D eigenvalue weighted by atomic mass is 16.5. The molecule has 3 aromatic rings. The van der Waals surface area contributed by atoms with Crippen LogP contribution >= 0.6 is 0 Å². The van der Waals surface area contributed by atoms with Crippen LogP contribution in [0.5, 0.6) is 0 Å². The number of ether oxygens (including phenoxy) is 2. The van der Waals surface area contributed by atoms with E-state index in [1.165, 1.54) is 22.3 Å². The number of methoxy groups -OCH3 is 1. The van der Waals surface area contributed by atoms with E-state index in [9.17, 15) is 0 Å². The number of fused-ring (bicyclic) bond motifs is 2. The van der Waals surface area contributed by atoms with Gasteiger partial charge in [-0.1, -0.05) is 84.9 Å². The fraction of sp³-hybridized carbons (Fsp3) is 0.344. The molecule has 1 N–H and O–H groups in total. The number of aliphatic imine (C=N–C) groups is 1.